The van der Waals surface area contributed by atoms with Crippen LogP contribution in [0.15, 0.2) is 29.3 Å². The Labute approximate surface area is 121 Å². The van der Waals surface area contributed by atoms with Crippen molar-refractivity contribution in [2.45, 2.75) is 39.8 Å². The van der Waals surface area contributed by atoms with Gasteiger partial charge in [-0.05, 0) is 31.4 Å². The van der Waals surface area contributed by atoms with Crippen LogP contribution in [0.25, 0.3) is 0 Å². The summed E-state index contributed by atoms with van der Waals surface area (Å²) in [6, 6.07) is 8.66. The van der Waals surface area contributed by atoms with E-state index in [9.17, 15) is 0 Å². The van der Waals surface area contributed by atoms with E-state index in [0.717, 1.165) is 6.42 Å². The molecular weight excluding hydrogens is 325 g/mol. The van der Waals surface area contributed by atoms with E-state index in [1.807, 2.05) is 19.9 Å². The quantitative estimate of drug-likeness (QED) is 0.500. The van der Waals surface area contributed by atoms with E-state index in [2.05, 4.69) is 35.4 Å². The van der Waals surface area contributed by atoms with Crippen LogP contribution in [-0.2, 0) is 13.0 Å². The van der Waals surface area contributed by atoms with Crippen molar-refractivity contribution in [2.75, 3.05) is 0 Å². The van der Waals surface area contributed by atoms with Crippen LogP contribution in [0.3, 0.4) is 0 Å². The molecular formula is C13H22IN3. The van der Waals surface area contributed by atoms with E-state index in [0.29, 0.717) is 18.5 Å². The molecule has 0 atom stereocenters. The number of hydrogen-bond acceptors (Lipinski definition) is 1. The van der Waals surface area contributed by atoms with Crippen molar-refractivity contribution in [1.29, 1.82) is 0 Å². The third-order valence-corrected chi connectivity index (χ3v) is 2.36. The zero-order valence-corrected chi connectivity index (χ0v) is 13.1. The van der Waals surface area contributed by atoms with Crippen molar-refractivity contribution < 1.29 is 0 Å². The maximum Gasteiger partial charge on any atom is 0.189 e. The third kappa shape index (κ3) is 5.91. The molecule has 0 heterocycles. The molecule has 1 rings (SSSR count). The first-order valence-electron chi connectivity index (χ1n) is 5.76. The lowest BCUT2D eigenvalue weighted by Gasteiger charge is -2.09. The predicted molar refractivity (Wildman–Crippen MR) is 84.8 cm³/mol. The minimum absolute atomic E-state index is 0. The highest BCUT2D eigenvalue weighted by Gasteiger charge is 1.99. The smallest absolute Gasteiger partial charge is 0.189 e. The van der Waals surface area contributed by atoms with Gasteiger partial charge in [-0.3, -0.25) is 0 Å². The second kappa shape index (κ2) is 8.33. The maximum absolute atomic E-state index is 5.75. The summed E-state index contributed by atoms with van der Waals surface area (Å²) in [4.78, 5) is 4.33. The predicted octanol–water partition coefficient (Wildman–Crippen LogP) is 2.68. The number of nitrogens with one attached hydrogen (secondary N) is 1. The number of nitrogens with two attached hydrogens (primary N) is 1. The van der Waals surface area contributed by atoms with Crippen LogP contribution >= 0.6 is 24.0 Å². The van der Waals surface area contributed by atoms with E-state index < -0.39 is 0 Å². The number of hydrogen-bond donors (Lipinski definition) is 2. The highest BCUT2D eigenvalue weighted by molar-refractivity contribution is 14.0. The second-order valence-corrected chi connectivity index (χ2v) is 4.12. The van der Waals surface area contributed by atoms with Gasteiger partial charge in [0.1, 0.15) is 0 Å². The third-order valence-electron chi connectivity index (χ3n) is 2.36. The van der Waals surface area contributed by atoms with Crippen LogP contribution in [0.2, 0.25) is 0 Å². The Balaban J connectivity index is 0.00000256. The molecule has 0 fully saturated rings. The van der Waals surface area contributed by atoms with Crippen LogP contribution < -0.4 is 11.1 Å². The molecule has 1 aromatic rings. The summed E-state index contributed by atoms with van der Waals surface area (Å²) >= 11 is 0. The summed E-state index contributed by atoms with van der Waals surface area (Å²) in [7, 11) is 0. The van der Waals surface area contributed by atoms with Crippen molar-refractivity contribution in [3.05, 3.63) is 35.4 Å². The van der Waals surface area contributed by atoms with E-state index in [4.69, 9.17) is 5.73 Å². The fraction of sp³-hybridized carbons (Fsp3) is 0.462. The van der Waals surface area contributed by atoms with E-state index in [1.165, 1.54) is 11.1 Å². The molecule has 0 saturated heterocycles. The van der Waals surface area contributed by atoms with Gasteiger partial charge >= 0.3 is 0 Å². The van der Waals surface area contributed by atoms with Crippen molar-refractivity contribution in [1.82, 2.24) is 5.32 Å². The van der Waals surface area contributed by atoms with Crippen LogP contribution in [-0.4, -0.2) is 12.0 Å². The minimum Gasteiger partial charge on any atom is -0.370 e. The highest BCUT2D eigenvalue weighted by Crippen LogP contribution is 2.10. The molecule has 0 spiro atoms. The van der Waals surface area contributed by atoms with Crippen molar-refractivity contribution >= 4 is 29.9 Å². The van der Waals surface area contributed by atoms with Gasteiger partial charge in [0.15, 0.2) is 5.96 Å². The lowest BCUT2D eigenvalue weighted by molar-refractivity contribution is 0.723. The van der Waals surface area contributed by atoms with E-state index in [-0.39, 0.29) is 24.0 Å². The van der Waals surface area contributed by atoms with Gasteiger partial charge in [0.05, 0.1) is 6.54 Å². The number of rotatable bonds is 4. The monoisotopic (exact) mass is 347 g/mol. The normalized spacial score (nSPS) is 11.2. The summed E-state index contributed by atoms with van der Waals surface area (Å²) in [6.07, 6.45) is 1.03. The molecule has 1 aromatic carbocycles. The van der Waals surface area contributed by atoms with E-state index in [1.54, 1.807) is 0 Å². The Bertz CT molecular complexity index is 361. The van der Waals surface area contributed by atoms with Gasteiger partial charge in [0, 0.05) is 6.04 Å². The minimum atomic E-state index is 0. The average Bonchev–Trinajstić information content (AvgIpc) is 2.26. The zero-order chi connectivity index (χ0) is 12.0. The highest BCUT2D eigenvalue weighted by atomic mass is 127. The second-order valence-electron chi connectivity index (χ2n) is 4.12. The van der Waals surface area contributed by atoms with Gasteiger partial charge < -0.3 is 11.1 Å². The van der Waals surface area contributed by atoms with Crippen molar-refractivity contribution in [3.63, 3.8) is 0 Å². The molecule has 0 saturated carbocycles. The number of aliphatic imine (C=N–C) groups is 1. The summed E-state index contributed by atoms with van der Waals surface area (Å²) in [5.41, 5.74) is 8.34. The van der Waals surface area contributed by atoms with Gasteiger partial charge in [-0.1, -0.05) is 31.2 Å². The molecule has 3 nitrogen and oxygen atoms in total. The summed E-state index contributed by atoms with van der Waals surface area (Å²) in [5, 5.41) is 3.08. The molecule has 0 aliphatic heterocycles. The van der Waals surface area contributed by atoms with Crippen LogP contribution in [0, 0.1) is 0 Å². The molecule has 0 amide bonds. The largest absolute Gasteiger partial charge is 0.370 e. The lowest BCUT2D eigenvalue weighted by atomic mass is 10.1. The Morgan fingerprint density at radius 1 is 1.29 bits per heavy atom. The molecule has 0 unspecified atom stereocenters. The van der Waals surface area contributed by atoms with Gasteiger partial charge in [0.25, 0.3) is 0 Å². The molecule has 0 aliphatic carbocycles. The molecule has 0 aliphatic rings. The topological polar surface area (TPSA) is 50.4 Å². The first kappa shape index (κ1) is 16.2. The molecule has 96 valence electrons. The lowest BCUT2D eigenvalue weighted by Crippen LogP contribution is -2.36. The van der Waals surface area contributed by atoms with E-state index >= 15 is 0 Å². The Kier molecular flexibility index (Phi) is 7.95. The number of aryl methyl sites for hydroxylation is 1. The SMILES string of the molecule is CCc1ccccc1CN=C(N)NC(C)C.I. The van der Waals surface area contributed by atoms with Gasteiger partial charge in [-0.15, -0.1) is 24.0 Å². The van der Waals surface area contributed by atoms with Gasteiger partial charge in [0.2, 0.25) is 0 Å². The first-order valence-corrected chi connectivity index (χ1v) is 5.76. The summed E-state index contributed by atoms with van der Waals surface area (Å²) < 4.78 is 0. The molecule has 0 aromatic heterocycles. The van der Waals surface area contributed by atoms with Crippen LogP contribution in [0.4, 0.5) is 0 Å². The molecule has 17 heavy (non-hydrogen) atoms. The summed E-state index contributed by atoms with van der Waals surface area (Å²) in [5.74, 6) is 0.515. The van der Waals surface area contributed by atoms with Gasteiger partial charge in [-0.2, -0.15) is 0 Å². The van der Waals surface area contributed by atoms with Gasteiger partial charge in [-0.25, -0.2) is 4.99 Å². The summed E-state index contributed by atoms with van der Waals surface area (Å²) in [6.45, 7) is 6.89. The number of halogens is 1. The number of guanidine groups is 1. The standard InChI is InChI=1S/C13H21N3.HI/c1-4-11-7-5-6-8-12(11)9-15-13(14)16-10(2)3;/h5-8,10H,4,9H2,1-3H3,(H3,14,15,16);1H. The molecule has 0 bridgehead atoms. The molecule has 0 radical (unpaired) electrons. The molecule has 3 N–H and O–H groups in total. The van der Waals surface area contributed by atoms with Crippen LogP contribution in [0.5, 0.6) is 0 Å². The zero-order valence-electron chi connectivity index (χ0n) is 10.7. The Morgan fingerprint density at radius 3 is 2.41 bits per heavy atom. The fourth-order valence-corrected chi connectivity index (χ4v) is 1.57. The Morgan fingerprint density at radius 2 is 1.88 bits per heavy atom. The van der Waals surface area contributed by atoms with Crippen LogP contribution in [0.1, 0.15) is 31.9 Å². The fourth-order valence-electron chi connectivity index (χ4n) is 1.57. The van der Waals surface area contributed by atoms with Crippen molar-refractivity contribution in [2.24, 2.45) is 10.7 Å². The Hall–Kier alpha value is -0.780. The maximum atomic E-state index is 5.75. The number of nitrogens with zero attached hydrogens (tertiary/aromatic N) is 1. The van der Waals surface area contributed by atoms with Crippen molar-refractivity contribution in [3.8, 4) is 0 Å². The molecule has 4 heteroatoms. The average molecular weight is 347 g/mol. The number of benzene rings is 1. The first-order chi connectivity index (χ1) is 7.63.